The van der Waals surface area contributed by atoms with E-state index in [1.54, 1.807) is 19.3 Å². The average Bonchev–Trinajstić information content (AvgIpc) is 2.92. The molecule has 1 atom stereocenters. The highest BCUT2D eigenvalue weighted by Gasteiger charge is 2.23. The average molecular weight is 278 g/mol. The zero-order chi connectivity index (χ0) is 14.5. The van der Waals surface area contributed by atoms with Gasteiger partial charge in [0.1, 0.15) is 0 Å². The van der Waals surface area contributed by atoms with Crippen molar-refractivity contribution in [1.82, 2.24) is 15.1 Å². The van der Waals surface area contributed by atoms with Gasteiger partial charge in [-0.2, -0.15) is 5.10 Å². The third kappa shape index (κ3) is 3.60. The van der Waals surface area contributed by atoms with Crippen LogP contribution < -0.4 is 15.8 Å². The molecule has 1 fully saturated rings. The first-order chi connectivity index (χ1) is 9.63. The largest absolute Gasteiger partial charge is 0.370 e. The molecule has 0 amide bonds. The summed E-state index contributed by atoms with van der Waals surface area (Å²) in [6, 6.07) is 2.32. The van der Waals surface area contributed by atoms with Crippen molar-refractivity contribution in [2.75, 3.05) is 24.5 Å². The number of rotatable bonds is 6. The monoisotopic (exact) mass is 278 g/mol. The summed E-state index contributed by atoms with van der Waals surface area (Å²) in [7, 11) is 1.68. The highest BCUT2D eigenvalue weighted by atomic mass is 16.1. The highest BCUT2D eigenvalue weighted by molar-refractivity contribution is 5.43. The lowest BCUT2D eigenvalue weighted by Crippen LogP contribution is -2.33. The fourth-order valence-electron chi connectivity index (χ4n) is 2.78. The number of nitrogens with one attached hydrogen (secondary N) is 1. The maximum atomic E-state index is 11.6. The maximum Gasteiger partial charge on any atom is 0.268 e. The molecule has 2 rings (SSSR count). The molecule has 0 aliphatic carbocycles. The van der Waals surface area contributed by atoms with E-state index in [9.17, 15) is 4.79 Å². The first kappa shape index (κ1) is 15.0. The Kier molecular flexibility index (Phi) is 5.17. The molecule has 1 aliphatic heterocycles. The molecular weight excluding hydrogens is 252 g/mol. The van der Waals surface area contributed by atoms with Gasteiger partial charge in [-0.3, -0.25) is 4.79 Å². The molecule has 1 aromatic heterocycles. The van der Waals surface area contributed by atoms with Crippen LogP contribution >= 0.6 is 0 Å². The molecule has 1 aliphatic rings. The second-order valence-electron chi connectivity index (χ2n) is 5.70. The summed E-state index contributed by atoms with van der Waals surface area (Å²) in [5, 5.41) is 7.74. The Labute approximate surface area is 121 Å². The summed E-state index contributed by atoms with van der Waals surface area (Å²) in [4.78, 5) is 13.9. The minimum Gasteiger partial charge on any atom is -0.370 e. The van der Waals surface area contributed by atoms with E-state index in [4.69, 9.17) is 0 Å². The van der Waals surface area contributed by atoms with Crippen molar-refractivity contribution in [1.29, 1.82) is 0 Å². The number of nitrogens with zero attached hydrogens (tertiary/aromatic N) is 3. The third-order valence-corrected chi connectivity index (χ3v) is 4.29. The van der Waals surface area contributed by atoms with Gasteiger partial charge in [0.2, 0.25) is 0 Å². The van der Waals surface area contributed by atoms with Crippen LogP contribution in [0.3, 0.4) is 0 Å². The summed E-state index contributed by atoms with van der Waals surface area (Å²) in [6.45, 7) is 7.56. The Morgan fingerprint density at radius 3 is 2.85 bits per heavy atom. The lowest BCUT2D eigenvalue weighted by atomic mass is 10.1. The predicted octanol–water partition coefficient (Wildman–Crippen LogP) is 1.38. The van der Waals surface area contributed by atoms with Gasteiger partial charge < -0.3 is 10.2 Å². The normalized spacial score (nSPS) is 19.0. The third-order valence-electron chi connectivity index (χ3n) is 4.29. The molecule has 1 N–H and O–H groups in total. The van der Waals surface area contributed by atoms with Crippen LogP contribution in [0.15, 0.2) is 17.1 Å². The van der Waals surface area contributed by atoms with Gasteiger partial charge in [-0.25, -0.2) is 4.68 Å². The highest BCUT2D eigenvalue weighted by Crippen LogP contribution is 2.21. The predicted molar refractivity (Wildman–Crippen MR) is 82.2 cm³/mol. The van der Waals surface area contributed by atoms with Crippen LogP contribution in [0.25, 0.3) is 0 Å². The van der Waals surface area contributed by atoms with E-state index in [2.05, 4.69) is 29.2 Å². The van der Waals surface area contributed by atoms with Gasteiger partial charge in [0.25, 0.3) is 5.56 Å². The zero-order valence-corrected chi connectivity index (χ0v) is 12.8. The number of aromatic nitrogens is 2. The summed E-state index contributed by atoms with van der Waals surface area (Å²) in [5.74, 6) is 0.666. The Hall–Kier alpha value is -1.36. The fourth-order valence-corrected chi connectivity index (χ4v) is 2.78. The topological polar surface area (TPSA) is 50.2 Å². The van der Waals surface area contributed by atoms with Crippen LogP contribution in [0.1, 0.15) is 33.1 Å². The van der Waals surface area contributed by atoms with Crippen LogP contribution in [0.4, 0.5) is 5.69 Å². The molecule has 5 heteroatoms. The molecule has 0 spiro atoms. The van der Waals surface area contributed by atoms with Gasteiger partial charge in [0.15, 0.2) is 0 Å². The Balaban J connectivity index is 1.88. The molecule has 5 nitrogen and oxygen atoms in total. The second kappa shape index (κ2) is 6.88. The molecule has 0 bridgehead atoms. The zero-order valence-electron chi connectivity index (χ0n) is 12.8. The maximum absolute atomic E-state index is 11.6. The van der Waals surface area contributed by atoms with Gasteiger partial charge in [-0.15, -0.1) is 0 Å². The van der Waals surface area contributed by atoms with Crippen molar-refractivity contribution < 1.29 is 0 Å². The molecule has 0 unspecified atom stereocenters. The smallest absolute Gasteiger partial charge is 0.268 e. The molecule has 1 aromatic rings. The van der Waals surface area contributed by atoms with Gasteiger partial charge in [0.05, 0.1) is 11.9 Å². The van der Waals surface area contributed by atoms with E-state index in [0.29, 0.717) is 12.0 Å². The fraction of sp³-hybridized carbons (Fsp3) is 0.733. The van der Waals surface area contributed by atoms with Gasteiger partial charge in [0, 0.05) is 32.2 Å². The summed E-state index contributed by atoms with van der Waals surface area (Å²) >= 11 is 0. The van der Waals surface area contributed by atoms with Crippen molar-refractivity contribution in [3.8, 4) is 0 Å². The molecule has 112 valence electrons. The molecule has 0 radical (unpaired) electrons. The van der Waals surface area contributed by atoms with E-state index in [1.165, 1.54) is 23.9 Å². The lowest BCUT2D eigenvalue weighted by Gasteiger charge is -2.20. The number of aryl methyl sites for hydroxylation is 1. The Morgan fingerprint density at radius 2 is 2.20 bits per heavy atom. The van der Waals surface area contributed by atoms with Crippen LogP contribution in [0.5, 0.6) is 0 Å². The van der Waals surface area contributed by atoms with Crippen molar-refractivity contribution in [2.24, 2.45) is 13.0 Å². The number of anilines is 1. The minimum atomic E-state index is -0.0406. The number of hydrogen-bond donors (Lipinski definition) is 1. The second-order valence-corrected chi connectivity index (χ2v) is 5.70. The first-order valence-corrected chi connectivity index (χ1v) is 7.65. The SMILES string of the molecule is CCC(CC)NC[C@@H]1CCN(c2cnn(C)c(=O)c2)C1. The summed E-state index contributed by atoms with van der Waals surface area (Å²) in [6.07, 6.45) is 5.34. The molecular formula is C15H26N4O. The van der Waals surface area contributed by atoms with Crippen molar-refractivity contribution in [3.05, 3.63) is 22.6 Å². The molecule has 2 heterocycles. The van der Waals surface area contributed by atoms with Gasteiger partial charge >= 0.3 is 0 Å². The first-order valence-electron chi connectivity index (χ1n) is 7.65. The molecule has 20 heavy (non-hydrogen) atoms. The van der Waals surface area contributed by atoms with Crippen molar-refractivity contribution >= 4 is 5.69 Å². The quantitative estimate of drug-likeness (QED) is 0.854. The van der Waals surface area contributed by atoms with Crippen molar-refractivity contribution in [2.45, 2.75) is 39.2 Å². The standard InChI is InChI=1S/C15H26N4O/c1-4-13(5-2)16-9-12-6-7-19(11-12)14-8-15(20)18(3)17-10-14/h8,10,12-13,16H,4-7,9,11H2,1-3H3/t12-/m0/s1. The molecule has 0 saturated carbocycles. The Bertz CT molecular complexity index is 481. The molecule has 0 aromatic carbocycles. The van der Waals surface area contributed by atoms with E-state index in [0.717, 1.165) is 25.3 Å². The van der Waals surface area contributed by atoms with E-state index in [-0.39, 0.29) is 5.56 Å². The van der Waals surface area contributed by atoms with Gasteiger partial charge in [-0.05, 0) is 31.7 Å². The van der Waals surface area contributed by atoms with Crippen LogP contribution in [0.2, 0.25) is 0 Å². The van der Waals surface area contributed by atoms with E-state index >= 15 is 0 Å². The summed E-state index contributed by atoms with van der Waals surface area (Å²) in [5.41, 5.74) is 0.916. The summed E-state index contributed by atoms with van der Waals surface area (Å²) < 4.78 is 1.37. The lowest BCUT2D eigenvalue weighted by molar-refractivity contribution is 0.429. The van der Waals surface area contributed by atoms with Crippen LogP contribution in [-0.4, -0.2) is 35.5 Å². The van der Waals surface area contributed by atoms with Crippen LogP contribution in [-0.2, 0) is 7.05 Å². The van der Waals surface area contributed by atoms with Crippen molar-refractivity contribution in [3.63, 3.8) is 0 Å². The van der Waals surface area contributed by atoms with Crippen LogP contribution in [0, 0.1) is 5.92 Å². The minimum absolute atomic E-state index is 0.0406. The van der Waals surface area contributed by atoms with Gasteiger partial charge in [-0.1, -0.05) is 13.8 Å². The van der Waals surface area contributed by atoms with E-state index in [1.807, 2.05) is 0 Å². The van der Waals surface area contributed by atoms with E-state index < -0.39 is 0 Å². The molecule has 1 saturated heterocycles. The Morgan fingerprint density at radius 1 is 1.45 bits per heavy atom. The number of hydrogen-bond acceptors (Lipinski definition) is 4.